The molecule has 0 aliphatic carbocycles. The van der Waals surface area contributed by atoms with Gasteiger partial charge < -0.3 is 10.2 Å². The van der Waals surface area contributed by atoms with Gasteiger partial charge in [-0.15, -0.1) is 0 Å². The lowest BCUT2D eigenvalue weighted by molar-refractivity contribution is 0.298. The molecule has 1 aromatic carbocycles. The normalized spacial score (nSPS) is 18.2. The third-order valence-corrected chi connectivity index (χ3v) is 4.11. The van der Waals surface area contributed by atoms with Crippen molar-refractivity contribution in [2.45, 2.75) is 32.4 Å². The summed E-state index contributed by atoms with van der Waals surface area (Å²) in [5.41, 5.74) is 1.18. The molecule has 0 spiro atoms. The first-order valence-electron chi connectivity index (χ1n) is 6.55. The van der Waals surface area contributed by atoms with E-state index in [9.17, 15) is 0 Å². The molecule has 2 nitrogen and oxygen atoms in total. The first-order valence-corrected chi connectivity index (χ1v) is 7.30. The Morgan fingerprint density at radius 3 is 2.61 bits per heavy atom. The van der Waals surface area contributed by atoms with Crippen molar-refractivity contribution in [1.82, 2.24) is 10.2 Å². The first kappa shape index (κ1) is 14.1. The Labute approximate surface area is 119 Å². The van der Waals surface area contributed by atoms with Crippen LogP contribution < -0.4 is 5.32 Å². The Kier molecular flexibility index (Phi) is 5.31. The summed E-state index contributed by atoms with van der Waals surface area (Å²) in [7, 11) is 0. The molecule has 4 heteroatoms. The van der Waals surface area contributed by atoms with Crippen molar-refractivity contribution >= 4 is 23.2 Å². The molecule has 1 aliphatic heterocycles. The van der Waals surface area contributed by atoms with Crippen molar-refractivity contribution in [3.63, 3.8) is 0 Å². The SMILES string of the molecule is CC(CN1CCCC1)NCc1ccc(Cl)c(Cl)c1. The van der Waals surface area contributed by atoms with Crippen LogP contribution in [-0.2, 0) is 6.54 Å². The van der Waals surface area contributed by atoms with Gasteiger partial charge in [-0.05, 0) is 50.6 Å². The molecule has 1 saturated heterocycles. The molecule has 2 rings (SSSR count). The third kappa shape index (κ3) is 4.13. The summed E-state index contributed by atoms with van der Waals surface area (Å²) < 4.78 is 0. The van der Waals surface area contributed by atoms with E-state index in [0.29, 0.717) is 16.1 Å². The number of nitrogens with zero attached hydrogens (tertiary/aromatic N) is 1. The van der Waals surface area contributed by atoms with Crippen LogP contribution in [0, 0.1) is 0 Å². The fourth-order valence-corrected chi connectivity index (χ4v) is 2.68. The van der Waals surface area contributed by atoms with Gasteiger partial charge in [-0.25, -0.2) is 0 Å². The zero-order chi connectivity index (χ0) is 13.0. The van der Waals surface area contributed by atoms with E-state index in [2.05, 4.69) is 17.1 Å². The van der Waals surface area contributed by atoms with Gasteiger partial charge in [0.25, 0.3) is 0 Å². The lowest BCUT2D eigenvalue weighted by atomic mass is 10.2. The number of hydrogen-bond donors (Lipinski definition) is 1. The molecule has 1 aromatic rings. The second-order valence-electron chi connectivity index (χ2n) is 5.04. The minimum absolute atomic E-state index is 0.498. The summed E-state index contributed by atoms with van der Waals surface area (Å²) in [4.78, 5) is 2.52. The molecule has 0 amide bonds. The monoisotopic (exact) mass is 286 g/mol. The van der Waals surface area contributed by atoms with E-state index in [-0.39, 0.29) is 0 Å². The Balaban J connectivity index is 1.77. The van der Waals surface area contributed by atoms with Crippen molar-refractivity contribution in [1.29, 1.82) is 0 Å². The first-order chi connectivity index (χ1) is 8.65. The van der Waals surface area contributed by atoms with E-state index < -0.39 is 0 Å². The molecule has 1 unspecified atom stereocenters. The maximum Gasteiger partial charge on any atom is 0.0595 e. The van der Waals surface area contributed by atoms with Crippen molar-refractivity contribution < 1.29 is 0 Å². The van der Waals surface area contributed by atoms with E-state index in [4.69, 9.17) is 23.2 Å². The maximum absolute atomic E-state index is 6.00. The highest BCUT2D eigenvalue weighted by Gasteiger charge is 2.14. The van der Waals surface area contributed by atoms with Gasteiger partial charge in [0.2, 0.25) is 0 Å². The average Bonchev–Trinajstić information content (AvgIpc) is 2.83. The van der Waals surface area contributed by atoms with Gasteiger partial charge >= 0.3 is 0 Å². The fourth-order valence-electron chi connectivity index (χ4n) is 2.36. The Bertz CT molecular complexity index is 389. The van der Waals surface area contributed by atoms with E-state index in [1.54, 1.807) is 0 Å². The molecule has 1 fully saturated rings. The molecule has 1 aliphatic rings. The highest BCUT2D eigenvalue weighted by molar-refractivity contribution is 6.42. The standard InChI is InChI=1S/C14H20Cl2N2/c1-11(10-18-6-2-3-7-18)17-9-12-4-5-13(15)14(16)8-12/h4-5,8,11,17H,2-3,6-7,9-10H2,1H3. The summed E-state index contributed by atoms with van der Waals surface area (Å²) in [6.45, 7) is 6.70. The molecule has 1 atom stereocenters. The van der Waals surface area contributed by atoms with Gasteiger partial charge in [0.1, 0.15) is 0 Å². The Morgan fingerprint density at radius 2 is 1.94 bits per heavy atom. The molecular formula is C14H20Cl2N2. The van der Waals surface area contributed by atoms with Gasteiger partial charge in [-0.3, -0.25) is 0 Å². The molecule has 18 heavy (non-hydrogen) atoms. The van der Waals surface area contributed by atoms with E-state index >= 15 is 0 Å². The number of rotatable bonds is 5. The summed E-state index contributed by atoms with van der Waals surface area (Å²) in [5, 5.41) is 4.77. The summed E-state index contributed by atoms with van der Waals surface area (Å²) in [6.07, 6.45) is 2.69. The van der Waals surface area contributed by atoms with Crippen molar-refractivity contribution in [2.24, 2.45) is 0 Å². The molecule has 0 saturated carbocycles. The topological polar surface area (TPSA) is 15.3 Å². The fraction of sp³-hybridized carbons (Fsp3) is 0.571. The second-order valence-corrected chi connectivity index (χ2v) is 5.85. The average molecular weight is 287 g/mol. The summed E-state index contributed by atoms with van der Waals surface area (Å²) in [6, 6.07) is 6.30. The molecule has 0 radical (unpaired) electrons. The van der Waals surface area contributed by atoms with Crippen molar-refractivity contribution in [3.8, 4) is 0 Å². The van der Waals surface area contributed by atoms with Crippen LogP contribution in [0.1, 0.15) is 25.3 Å². The largest absolute Gasteiger partial charge is 0.309 e. The van der Waals surface area contributed by atoms with Crippen molar-refractivity contribution in [2.75, 3.05) is 19.6 Å². The van der Waals surface area contributed by atoms with E-state index in [1.807, 2.05) is 18.2 Å². The van der Waals surface area contributed by atoms with Gasteiger partial charge in [0.05, 0.1) is 10.0 Å². The minimum atomic E-state index is 0.498. The Morgan fingerprint density at radius 1 is 1.22 bits per heavy atom. The molecular weight excluding hydrogens is 267 g/mol. The van der Waals surface area contributed by atoms with Crippen LogP contribution in [0.3, 0.4) is 0 Å². The van der Waals surface area contributed by atoms with Gasteiger partial charge in [-0.1, -0.05) is 29.3 Å². The summed E-state index contributed by atoms with van der Waals surface area (Å²) >= 11 is 11.9. The second kappa shape index (κ2) is 6.76. The summed E-state index contributed by atoms with van der Waals surface area (Å²) in [5.74, 6) is 0. The van der Waals surface area contributed by atoms with Crippen LogP contribution in [0.15, 0.2) is 18.2 Å². The quantitative estimate of drug-likeness (QED) is 0.890. The van der Waals surface area contributed by atoms with Gasteiger partial charge in [0, 0.05) is 19.1 Å². The highest BCUT2D eigenvalue weighted by atomic mass is 35.5. The van der Waals surface area contributed by atoms with E-state index in [1.165, 1.54) is 31.5 Å². The van der Waals surface area contributed by atoms with Crippen LogP contribution in [-0.4, -0.2) is 30.6 Å². The van der Waals surface area contributed by atoms with Crippen molar-refractivity contribution in [3.05, 3.63) is 33.8 Å². The van der Waals surface area contributed by atoms with Gasteiger partial charge in [-0.2, -0.15) is 0 Å². The molecule has 100 valence electrons. The van der Waals surface area contributed by atoms with Gasteiger partial charge in [0.15, 0.2) is 0 Å². The maximum atomic E-state index is 6.00. The number of nitrogens with one attached hydrogen (secondary N) is 1. The Hall–Kier alpha value is -0.280. The number of halogens is 2. The smallest absolute Gasteiger partial charge is 0.0595 e. The lowest BCUT2D eigenvalue weighted by Gasteiger charge is -2.21. The number of likely N-dealkylation sites (tertiary alicyclic amines) is 1. The lowest BCUT2D eigenvalue weighted by Crippen LogP contribution is -2.37. The van der Waals surface area contributed by atoms with Crippen LogP contribution in [0.5, 0.6) is 0 Å². The minimum Gasteiger partial charge on any atom is -0.309 e. The zero-order valence-electron chi connectivity index (χ0n) is 10.8. The number of hydrogen-bond acceptors (Lipinski definition) is 2. The predicted octanol–water partition coefficient (Wildman–Crippen LogP) is 3.57. The van der Waals surface area contributed by atoms with Crippen LogP contribution in [0.25, 0.3) is 0 Å². The highest BCUT2D eigenvalue weighted by Crippen LogP contribution is 2.22. The molecule has 0 aromatic heterocycles. The molecule has 0 bridgehead atoms. The van der Waals surface area contributed by atoms with Crippen LogP contribution in [0.2, 0.25) is 10.0 Å². The van der Waals surface area contributed by atoms with Crippen LogP contribution >= 0.6 is 23.2 Å². The predicted molar refractivity (Wildman–Crippen MR) is 78.4 cm³/mol. The number of benzene rings is 1. The third-order valence-electron chi connectivity index (χ3n) is 3.37. The van der Waals surface area contributed by atoms with Crippen LogP contribution in [0.4, 0.5) is 0 Å². The molecule has 1 heterocycles. The zero-order valence-corrected chi connectivity index (χ0v) is 12.3. The van der Waals surface area contributed by atoms with E-state index in [0.717, 1.165) is 13.1 Å². The molecule has 1 N–H and O–H groups in total.